The summed E-state index contributed by atoms with van der Waals surface area (Å²) < 4.78 is 0. The van der Waals surface area contributed by atoms with Crippen molar-refractivity contribution in [1.29, 1.82) is 0 Å². The Morgan fingerprint density at radius 3 is 2.61 bits per heavy atom. The van der Waals surface area contributed by atoms with Crippen molar-refractivity contribution in [2.45, 2.75) is 32.2 Å². The molecular weight excluding hydrogens is 474 g/mol. The average Bonchev–Trinajstić information content (AvgIpc) is 3.73. The summed E-state index contributed by atoms with van der Waals surface area (Å²) in [5.41, 5.74) is 8.24. The molecule has 0 aromatic carbocycles. The van der Waals surface area contributed by atoms with Crippen LogP contribution in [-0.4, -0.2) is 46.6 Å². The molecule has 6 aromatic rings. The van der Waals surface area contributed by atoms with Crippen molar-refractivity contribution in [2.24, 2.45) is 5.92 Å². The lowest BCUT2D eigenvalue weighted by atomic mass is 10.1. The van der Waals surface area contributed by atoms with E-state index in [0.29, 0.717) is 17.2 Å². The summed E-state index contributed by atoms with van der Waals surface area (Å²) >= 11 is 0. The zero-order valence-corrected chi connectivity index (χ0v) is 20.9. The Labute approximate surface area is 219 Å². The first-order chi connectivity index (χ1) is 18.8. The van der Waals surface area contributed by atoms with Crippen LogP contribution in [0, 0.1) is 5.92 Å². The van der Waals surface area contributed by atoms with Crippen LogP contribution in [0.5, 0.6) is 0 Å². The molecule has 0 aliphatic heterocycles. The third-order valence-electron chi connectivity index (χ3n) is 7.39. The van der Waals surface area contributed by atoms with E-state index < -0.39 is 0 Å². The molecule has 188 valence electrons. The maximum atomic E-state index is 4.92. The van der Waals surface area contributed by atoms with Crippen LogP contribution in [0.1, 0.15) is 31.2 Å². The van der Waals surface area contributed by atoms with Crippen LogP contribution in [0.2, 0.25) is 0 Å². The Kier molecular flexibility index (Phi) is 5.82. The van der Waals surface area contributed by atoms with Crippen LogP contribution in [-0.2, 0) is 6.54 Å². The lowest BCUT2D eigenvalue weighted by Gasteiger charge is -2.11. The summed E-state index contributed by atoms with van der Waals surface area (Å²) in [4.78, 5) is 26.0. The lowest BCUT2D eigenvalue weighted by molar-refractivity contribution is 0.489. The molecule has 0 spiro atoms. The predicted molar refractivity (Wildman–Crippen MR) is 147 cm³/mol. The highest BCUT2D eigenvalue weighted by atomic mass is 15.2. The number of imidazole rings is 1. The van der Waals surface area contributed by atoms with E-state index in [1.165, 1.54) is 31.2 Å². The summed E-state index contributed by atoms with van der Waals surface area (Å²) in [5, 5.41) is 12.1. The van der Waals surface area contributed by atoms with Crippen molar-refractivity contribution in [3.8, 4) is 33.8 Å². The lowest BCUT2D eigenvalue weighted by Crippen LogP contribution is -2.20. The van der Waals surface area contributed by atoms with Gasteiger partial charge in [0.1, 0.15) is 5.69 Å². The van der Waals surface area contributed by atoms with Gasteiger partial charge in [-0.05, 0) is 60.7 Å². The maximum Gasteiger partial charge on any atom is 0.159 e. The first-order valence-corrected chi connectivity index (χ1v) is 13.1. The number of nitrogens with zero attached hydrogens (tertiary/aromatic N) is 6. The van der Waals surface area contributed by atoms with Crippen LogP contribution in [0.25, 0.3) is 55.8 Å². The molecule has 0 unspecified atom stereocenters. The van der Waals surface area contributed by atoms with Gasteiger partial charge in [0.25, 0.3) is 0 Å². The van der Waals surface area contributed by atoms with E-state index in [-0.39, 0.29) is 0 Å². The Morgan fingerprint density at radius 2 is 1.71 bits per heavy atom. The largest absolute Gasteiger partial charge is 0.335 e. The molecule has 6 aromatic heterocycles. The molecule has 0 saturated heterocycles. The number of nitrogens with one attached hydrogen (secondary N) is 3. The molecule has 1 aliphatic carbocycles. The van der Waals surface area contributed by atoms with Crippen LogP contribution < -0.4 is 5.32 Å². The van der Waals surface area contributed by atoms with Crippen molar-refractivity contribution < 1.29 is 0 Å². The SMILES string of the molecule is c1cc(-c2cncc3[nH]c(-c4n[nH]c5ncc(-c6cncc(CNCC7CCCC7)c6)cc45)nc23)ccn1. The van der Waals surface area contributed by atoms with Gasteiger partial charge in [-0.3, -0.25) is 20.1 Å². The maximum absolute atomic E-state index is 4.92. The van der Waals surface area contributed by atoms with Crippen molar-refractivity contribution in [1.82, 2.24) is 45.4 Å². The fraction of sp³-hybridized carbons (Fsp3) is 0.241. The number of hydrogen-bond acceptors (Lipinski definition) is 7. The van der Waals surface area contributed by atoms with E-state index in [1.54, 1.807) is 18.6 Å². The van der Waals surface area contributed by atoms with Gasteiger partial charge in [-0.1, -0.05) is 12.8 Å². The summed E-state index contributed by atoms with van der Waals surface area (Å²) in [5.74, 6) is 1.48. The minimum atomic E-state index is 0.663. The van der Waals surface area contributed by atoms with Crippen LogP contribution in [0.4, 0.5) is 0 Å². The average molecular weight is 502 g/mol. The number of pyridine rings is 4. The first-order valence-electron chi connectivity index (χ1n) is 13.1. The third-order valence-corrected chi connectivity index (χ3v) is 7.39. The van der Waals surface area contributed by atoms with E-state index in [4.69, 9.17) is 4.98 Å². The van der Waals surface area contributed by atoms with Crippen LogP contribution in [0.15, 0.2) is 67.6 Å². The van der Waals surface area contributed by atoms with Crippen molar-refractivity contribution in [2.75, 3.05) is 6.54 Å². The predicted octanol–water partition coefficient (Wildman–Crippen LogP) is 5.30. The Hall–Kier alpha value is -4.50. The van der Waals surface area contributed by atoms with Gasteiger partial charge in [-0.15, -0.1) is 0 Å². The van der Waals surface area contributed by atoms with Gasteiger partial charge in [0.05, 0.1) is 22.6 Å². The highest BCUT2D eigenvalue weighted by Gasteiger charge is 2.17. The number of hydrogen-bond donors (Lipinski definition) is 3. The summed E-state index contributed by atoms with van der Waals surface area (Å²) in [6, 6.07) is 8.20. The molecule has 38 heavy (non-hydrogen) atoms. The van der Waals surface area contributed by atoms with E-state index in [2.05, 4.69) is 52.6 Å². The second-order valence-corrected chi connectivity index (χ2v) is 9.96. The molecule has 0 amide bonds. The van der Waals surface area contributed by atoms with E-state index >= 15 is 0 Å². The molecule has 9 nitrogen and oxygen atoms in total. The van der Waals surface area contributed by atoms with Gasteiger partial charge in [0.2, 0.25) is 0 Å². The summed E-state index contributed by atoms with van der Waals surface area (Å²) in [7, 11) is 0. The Balaban J connectivity index is 1.20. The molecule has 1 fully saturated rings. The summed E-state index contributed by atoms with van der Waals surface area (Å²) in [6.07, 6.45) is 18.3. The number of aromatic nitrogens is 8. The minimum Gasteiger partial charge on any atom is -0.335 e. The van der Waals surface area contributed by atoms with Gasteiger partial charge < -0.3 is 10.3 Å². The van der Waals surface area contributed by atoms with Crippen molar-refractivity contribution in [3.05, 3.63) is 73.2 Å². The highest BCUT2D eigenvalue weighted by Crippen LogP contribution is 2.32. The normalized spacial score (nSPS) is 14.1. The van der Waals surface area contributed by atoms with E-state index in [1.807, 2.05) is 36.9 Å². The van der Waals surface area contributed by atoms with Crippen LogP contribution >= 0.6 is 0 Å². The van der Waals surface area contributed by atoms with E-state index in [9.17, 15) is 0 Å². The standard InChI is InChI=1S/C29H27N9/c1-2-4-18(3-1)11-31-12-19-9-21(14-32-13-19)22-10-23-27(37-38-28(23)34-15-22)29-35-25-17-33-16-24(26(25)36-29)20-5-7-30-8-6-20/h5-10,13-18,31H,1-4,11-12H2,(H,35,36)(H,34,37,38). The monoisotopic (exact) mass is 501 g/mol. The first kappa shape index (κ1) is 22.7. The highest BCUT2D eigenvalue weighted by molar-refractivity contribution is 5.96. The van der Waals surface area contributed by atoms with Crippen molar-refractivity contribution >= 4 is 22.1 Å². The molecule has 1 saturated carbocycles. The second-order valence-electron chi connectivity index (χ2n) is 9.96. The van der Waals surface area contributed by atoms with E-state index in [0.717, 1.165) is 57.7 Å². The molecule has 1 aliphatic rings. The third kappa shape index (κ3) is 4.31. The molecule has 9 heteroatoms. The molecule has 0 atom stereocenters. The molecule has 0 bridgehead atoms. The summed E-state index contributed by atoms with van der Waals surface area (Å²) in [6.45, 7) is 1.89. The van der Waals surface area contributed by atoms with Gasteiger partial charge in [-0.25, -0.2) is 9.97 Å². The number of aromatic amines is 2. The Morgan fingerprint density at radius 1 is 0.868 bits per heavy atom. The second kappa shape index (κ2) is 9.75. The van der Waals surface area contributed by atoms with Crippen LogP contribution in [0.3, 0.4) is 0 Å². The molecule has 3 N–H and O–H groups in total. The quantitative estimate of drug-likeness (QED) is 0.271. The van der Waals surface area contributed by atoms with Gasteiger partial charge in [-0.2, -0.15) is 5.10 Å². The number of H-pyrrole nitrogens is 2. The van der Waals surface area contributed by atoms with Gasteiger partial charge in [0.15, 0.2) is 11.5 Å². The van der Waals surface area contributed by atoms with Gasteiger partial charge >= 0.3 is 0 Å². The zero-order valence-electron chi connectivity index (χ0n) is 20.9. The molecule has 7 rings (SSSR count). The minimum absolute atomic E-state index is 0.663. The fourth-order valence-electron chi connectivity index (χ4n) is 5.41. The molecule has 0 radical (unpaired) electrons. The van der Waals surface area contributed by atoms with Crippen molar-refractivity contribution in [3.63, 3.8) is 0 Å². The number of fused-ring (bicyclic) bond motifs is 2. The number of rotatable bonds is 7. The fourth-order valence-corrected chi connectivity index (χ4v) is 5.41. The van der Waals surface area contributed by atoms with Gasteiger partial charge in [0, 0.05) is 60.4 Å². The zero-order chi connectivity index (χ0) is 25.3. The molecular formula is C29H27N9. The Bertz CT molecular complexity index is 1710. The smallest absolute Gasteiger partial charge is 0.159 e. The molecule has 6 heterocycles. The topological polar surface area (TPSA) is 121 Å².